The van der Waals surface area contributed by atoms with Crippen LogP contribution in [0.1, 0.15) is 33.1 Å². The van der Waals surface area contributed by atoms with E-state index in [0.29, 0.717) is 0 Å². The van der Waals surface area contributed by atoms with E-state index < -0.39 is 0 Å². The van der Waals surface area contributed by atoms with Gasteiger partial charge in [0.05, 0.1) is 0 Å². The van der Waals surface area contributed by atoms with E-state index in [1.165, 1.54) is 11.8 Å². The average molecular weight is 323 g/mol. The fourth-order valence-electron chi connectivity index (χ4n) is 2.34. The molecule has 0 bridgehead atoms. The van der Waals surface area contributed by atoms with Gasteiger partial charge in [0.15, 0.2) is 0 Å². The van der Waals surface area contributed by atoms with Crippen LogP contribution in [0.4, 0.5) is 0 Å². The summed E-state index contributed by atoms with van der Waals surface area (Å²) in [7, 11) is 1.88. The zero-order valence-corrected chi connectivity index (χ0v) is 15.0. The first-order valence-electron chi connectivity index (χ1n) is 8.45. The van der Waals surface area contributed by atoms with Gasteiger partial charge in [0.25, 0.3) is 0 Å². The zero-order chi connectivity index (χ0) is 17.6. The summed E-state index contributed by atoms with van der Waals surface area (Å²) in [5.41, 5.74) is 3.44. The molecule has 1 aliphatic rings. The van der Waals surface area contributed by atoms with Crippen molar-refractivity contribution in [3.8, 4) is 0 Å². The lowest BCUT2D eigenvalue weighted by Gasteiger charge is -2.10. The van der Waals surface area contributed by atoms with Gasteiger partial charge in [-0.2, -0.15) is 0 Å². The Balaban J connectivity index is 2.83. The van der Waals surface area contributed by atoms with Crippen molar-refractivity contribution < 1.29 is 0 Å². The van der Waals surface area contributed by atoms with Crippen LogP contribution in [0, 0.1) is 11.3 Å². The number of hydrogen-bond donors (Lipinski definition) is 2. The van der Waals surface area contributed by atoms with Crippen LogP contribution < -0.4 is 5.32 Å². The molecule has 0 saturated carbocycles. The third kappa shape index (κ3) is 7.73. The van der Waals surface area contributed by atoms with Gasteiger partial charge in [-0.05, 0) is 50.1 Å². The van der Waals surface area contributed by atoms with E-state index in [4.69, 9.17) is 5.41 Å². The molecule has 0 aromatic carbocycles. The monoisotopic (exact) mass is 323 g/mol. The maximum Gasteiger partial charge on any atom is 0.0400 e. The summed E-state index contributed by atoms with van der Waals surface area (Å²) >= 11 is 0. The highest BCUT2D eigenvalue weighted by molar-refractivity contribution is 5.63. The minimum atomic E-state index is 0.109. The van der Waals surface area contributed by atoms with Crippen molar-refractivity contribution in [2.75, 3.05) is 7.05 Å². The molecule has 2 N–H and O–H groups in total. The molecule has 1 rings (SSSR count). The van der Waals surface area contributed by atoms with Gasteiger partial charge in [0.2, 0.25) is 0 Å². The lowest BCUT2D eigenvalue weighted by atomic mass is 9.96. The molecule has 1 aliphatic heterocycles. The summed E-state index contributed by atoms with van der Waals surface area (Å²) in [6, 6.07) is 0. The van der Waals surface area contributed by atoms with Gasteiger partial charge in [-0.15, -0.1) is 0 Å². The van der Waals surface area contributed by atoms with E-state index in [9.17, 15) is 0 Å². The summed E-state index contributed by atoms with van der Waals surface area (Å²) in [5.74, 6) is 0.109. The molecule has 0 aromatic heterocycles. The van der Waals surface area contributed by atoms with Crippen molar-refractivity contribution in [1.82, 2.24) is 5.32 Å². The van der Waals surface area contributed by atoms with Crippen molar-refractivity contribution in [2.24, 2.45) is 10.9 Å². The predicted molar refractivity (Wildman–Crippen MR) is 107 cm³/mol. The third-order valence-corrected chi connectivity index (χ3v) is 3.71. The topological polar surface area (TPSA) is 48.2 Å². The molecular formula is C21H29N3. The first-order chi connectivity index (χ1) is 11.7. The summed E-state index contributed by atoms with van der Waals surface area (Å²) < 4.78 is 0. The Hall–Kier alpha value is -2.42. The number of nitrogens with zero attached hydrogens (tertiary/aromatic N) is 1. The maximum absolute atomic E-state index is 7.74. The summed E-state index contributed by atoms with van der Waals surface area (Å²) in [6.45, 7) is 4.05. The standard InChI is InChI=1S/C21H29N3/c1-4-5-6-9-19(13-15-23-3)16-20(17-22)11-12-21-10-7-8-14-24-18(21)2/h4-7,9-10,13-17,20,22-23H,8,11-12H2,1-3H3/b5-4-,9-6-,15-13+,19-16?,22-17?. The Labute approximate surface area is 146 Å². The van der Waals surface area contributed by atoms with Gasteiger partial charge in [0.1, 0.15) is 0 Å². The van der Waals surface area contributed by atoms with E-state index in [0.717, 1.165) is 30.5 Å². The highest BCUT2D eigenvalue weighted by Gasteiger charge is 2.06. The molecule has 0 aromatic rings. The second-order valence-electron chi connectivity index (χ2n) is 5.60. The van der Waals surface area contributed by atoms with Crippen molar-refractivity contribution in [1.29, 1.82) is 5.41 Å². The highest BCUT2D eigenvalue weighted by atomic mass is 14.8. The van der Waals surface area contributed by atoms with Crippen LogP contribution in [0.5, 0.6) is 0 Å². The predicted octanol–water partition coefficient (Wildman–Crippen LogP) is 5.13. The number of nitrogens with one attached hydrogen (secondary N) is 2. The Morgan fingerprint density at radius 1 is 1.38 bits per heavy atom. The third-order valence-electron chi connectivity index (χ3n) is 3.71. The average Bonchev–Trinajstić information content (AvgIpc) is 2.80. The second-order valence-corrected chi connectivity index (χ2v) is 5.60. The molecule has 128 valence electrons. The normalized spacial score (nSPS) is 17.2. The Morgan fingerprint density at radius 3 is 2.92 bits per heavy atom. The molecule has 1 atom stereocenters. The molecular weight excluding hydrogens is 294 g/mol. The van der Waals surface area contributed by atoms with Gasteiger partial charge in [-0.25, -0.2) is 0 Å². The van der Waals surface area contributed by atoms with E-state index in [-0.39, 0.29) is 5.92 Å². The fraction of sp³-hybridized carbons (Fsp3) is 0.333. The Bertz CT molecular complexity index is 599. The van der Waals surface area contributed by atoms with Crippen LogP contribution in [0.25, 0.3) is 0 Å². The fourth-order valence-corrected chi connectivity index (χ4v) is 2.34. The van der Waals surface area contributed by atoms with Gasteiger partial charge in [-0.1, -0.05) is 42.5 Å². The van der Waals surface area contributed by atoms with E-state index >= 15 is 0 Å². The minimum Gasteiger partial charge on any atom is -0.394 e. The molecule has 1 heterocycles. The first kappa shape index (κ1) is 19.6. The molecule has 0 radical (unpaired) electrons. The van der Waals surface area contributed by atoms with Crippen molar-refractivity contribution in [3.63, 3.8) is 0 Å². The van der Waals surface area contributed by atoms with E-state index in [2.05, 4.69) is 41.5 Å². The van der Waals surface area contributed by atoms with Gasteiger partial charge in [-0.3, -0.25) is 4.99 Å². The summed E-state index contributed by atoms with van der Waals surface area (Å²) in [4.78, 5) is 4.44. The number of aliphatic imine (C=N–C) groups is 1. The number of hydrogen-bond acceptors (Lipinski definition) is 3. The van der Waals surface area contributed by atoms with Crippen molar-refractivity contribution in [3.05, 3.63) is 71.7 Å². The van der Waals surface area contributed by atoms with Gasteiger partial charge < -0.3 is 10.7 Å². The quantitative estimate of drug-likeness (QED) is 0.448. The smallest absolute Gasteiger partial charge is 0.0400 e. The second kappa shape index (κ2) is 12.1. The van der Waals surface area contributed by atoms with Gasteiger partial charge in [0, 0.05) is 37.5 Å². The van der Waals surface area contributed by atoms with Crippen LogP contribution in [0.15, 0.2) is 76.6 Å². The Kier molecular flexibility index (Phi) is 9.86. The lowest BCUT2D eigenvalue weighted by molar-refractivity contribution is 0.745. The number of allylic oxidation sites excluding steroid dienone is 11. The maximum atomic E-state index is 7.74. The highest BCUT2D eigenvalue weighted by Crippen LogP contribution is 2.20. The molecule has 1 unspecified atom stereocenters. The molecule has 3 nitrogen and oxygen atoms in total. The molecule has 0 amide bonds. The van der Waals surface area contributed by atoms with Crippen LogP contribution in [-0.2, 0) is 0 Å². The van der Waals surface area contributed by atoms with Crippen LogP contribution in [0.3, 0.4) is 0 Å². The number of rotatable bonds is 9. The summed E-state index contributed by atoms with van der Waals surface area (Å²) in [5, 5.41) is 10.8. The van der Waals surface area contributed by atoms with Crippen molar-refractivity contribution in [2.45, 2.75) is 33.1 Å². The lowest BCUT2D eigenvalue weighted by Crippen LogP contribution is -2.00. The molecule has 24 heavy (non-hydrogen) atoms. The SMILES string of the molecule is C/C=C\C=C/C(=CC(C=N)CCC1=C(C)N=CCC=C1)/C=C/NC. The van der Waals surface area contributed by atoms with Crippen LogP contribution >= 0.6 is 0 Å². The van der Waals surface area contributed by atoms with Crippen LogP contribution in [-0.4, -0.2) is 19.5 Å². The minimum absolute atomic E-state index is 0.109. The molecule has 0 aliphatic carbocycles. The molecule has 0 spiro atoms. The first-order valence-corrected chi connectivity index (χ1v) is 8.45. The Morgan fingerprint density at radius 2 is 2.21 bits per heavy atom. The molecule has 0 saturated heterocycles. The molecule has 0 fully saturated rings. The van der Waals surface area contributed by atoms with Gasteiger partial charge >= 0.3 is 0 Å². The molecule has 3 heteroatoms. The largest absolute Gasteiger partial charge is 0.394 e. The van der Waals surface area contributed by atoms with E-state index in [1.807, 2.05) is 50.7 Å². The van der Waals surface area contributed by atoms with E-state index in [1.54, 1.807) is 0 Å². The zero-order valence-electron chi connectivity index (χ0n) is 15.0. The van der Waals surface area contributed by atoms with Crippen LogP contribution in [0.2, 0.25) is 0 Å². The van der Waals surface area contributed by atoms with Crippen molar-refractivity contribution >= 4 is 12.4 Å². The summed E-state index contributed by atoms with van der Waals surface area (Å²) in [6.07, 6.45) is 24.7.